The van der Waals surface area contributed by atoms with Crippen molar-refractivity contribution < 1.29 is 19.2 Å². The molecule has 2 unspecified atom stereocenters. The van der Waals surface area contributed by atoms with E-state index in [-0.39, 0.29) is 36.7 Å². The van der Waals surface area contributed by atoms with Gasteiger partial charge in [-0.2, -0.15) is 0 Å². The molecule has 0 aromatic heterocycles. The lowest BCUT2D eigenvalue weighted by Gasteiger charge is -2.36. The molecule has 176 valence electrons. The smallest absolute Gasteiger partial charge is 0.327 e. The van der Waals surface area contributed by atoms with Crippen molar-refractivity contribution in [1.82, 2.24) is 20.0 Å². The molecular formula is C26H28N4O4. The summed E-state index contributed by atoms with van der Waals surface area (Å²) in [6, 6.07) is 14.4. The molecule has 8 nitrogen and oxygen atoms in total. The standard InChI is InChI=1S/C26H28N4O4/c1-27-24(32)21-13-17-7-2-4-9-19(17)15-29(21)23(31)11-6-12-28-25(33)22-14-18-8-3-5-10-20(18)16-30(22)26(28)34/h2-5,7-10,21-22H,6,11-16H2,1H3,(H,27,32). The highest BCUT2D eigenvalue weighted by Gasteiger charge is 2.46. The lowest BCUT2D eigenvalue weighted by atomic mass is 9.93. The number of urea groups is 1. The third-order valence-electron chi connectivity index (χ3n) is 7.17. The third kappa shape index (κ3) is 3.83. The maximum absolute atomic E-state index is 13.1. The molecule has 1 N–H and O–H groups in total. The summed E-state index contributed by atoms with van der Waals surface area (Å²) in [5.74, 6) is -0.529. The fourth-order valence-electron chi connectivity index (χ4n) is 5.30. The molecule has 3 heterocycles. The Labute approximate surface area is 198 Å². The second-order valence-electron chi connectivity index (χ2n) is 9.12. The summed E-state index contributed by atoms with van der Waals surface area (Å²) in [7, 11) is 1.57. The average Bonchev–Trinajstić information content (AvgIpc) is 3.10. The van der Waals surface area contributed by atoms with Crippen molar-refractivity contribution in [2.45, 2.75) is 50.9 Å². The van der Waals surface area contributed by atoms with Gasteiger partial charge in [0.25, 0.3) is 5.91 Å². The molecule has 0 radical (unpaired) electrons. The average molecular weight is 461 g/mol. The van der Waals surface area contributed by atoms with Gasteiger partial charge < -0.3 is 15.1 Å². The third-order valence-corrected chi connectivity index (χ3v) is 7.17. The van der Waals surface area contributed by atoms with Gasteiger partial charge in [-0.25, -0.2) is 4.79 Å². The van der Waals surface area contributed by atoms with Gasteiger partial charge in [0.2, 0.25) is 11.8 Å². The molecule has 0 saturated carbocycles. The Bertz CT molecular complexity index is 1120. The summed E-state index contributed by atoms with van der Waals surface area (Å²) in [4.78, 5) is 56.1. The molecule has 2 atom stereocenters. The van der Waals surface area contributed by atoms with E-state index in [9.17, 15) is 19.2 Å². The summed E-state index contributed by atoms with van der Waals surface area (Å²) in [5.41, 5.74) is 4.29. The number of fused-ring (bicyclic) bond motifs is 3. The van der Waals surface area contributed by atoms with Gasteiger partial charge in [-0.15, -0.1) is 0 Å². The van der Waals surface area contributed by atoms with Crippen molar-refractivity contribution in [3.63, 3.8) is 0 Å². The molecule has 3 aliphatic rings. The minimum atomic E-state index is -0.560. The summed E-state index contributed by atoms with van der Waals surface area (Å²) < 4.78 is 0. The number of likely N-dealkylation sites (N-methyl/N-ethyl adjacent to an activating group) is 1. The molecule has 2 aromatic carbocycles. The van der Waals surface area contributed by atoms with Crippen LogP contribution in [0.4, 0.5) is 4.79 Å². The highest BCUT2D eigenvalue weighted by molar-refractivity contribution is 6.04. The molecule has 3 aliphatic heterocycles. The molecule has 34 heavy (non-hydrogen) atoms. The van der Waals surface area contributed by atoms with E-state index in [0.29, 0.717) is 32.4 Å². The van der Waals surface area contributed by atoms with E-state index < -0.39 is 12.1 Å². The number of benzene rings is 2. The fraction of sp³-hybridized carbons (Fsp3) is 0.385. The normalized spacial score (nSPS) is 21.1. The minimum Gasteiger partial charge on any atom is -0.357 e. The van der Waals surface area contributed by atoms with Crippen LogP contribution in [0, 0.1) is 0 Å². The number of nitrogens with zero attached hydrogens (tertiary/aromatic N) is 3. The molecule has 5 rings (SSSR count). The highest BCUT2D eigenvalue weighted by atomic mass is 16.2. The van der Waals surface area contributed by atoms with Crippen molar-refractivity contribution in [2.24, 2.45) is 0 Å². The minimum absolute atomic E-state index is 0.146. The lowest BCUT2D eigenvalue weighted by molar-refractivity contribution is -0.141. The van der Waals surface area contributed by atoms with E-state index in [0.717, 1.165) is 22.3 Å². The number of rotatable bonds is 5. The van der Waals surface area contributed by atoms with Crippen LogP contribution < -0.4 is 5.32 Å². The molecule has 0 spiro atoms. The summed E-state index contributed by atoms with van der Waals surface area (Å²) >= 11 is 0. The first kappa shape index (κ1) is 22.1. The topological polar surface area (TPSA) is 90.0 Å². The van der Waals surface area contributed by atoms with Crippen LogP contribution in [0.15, 0.2) is 48.5 Å². The van der Waals surface area contributed by atoms with Crippen molar-refractivity contribution in [3.8, 4) is 0 Å². The van der Waals surface area contributed by atoms with Crippen LogP contribution in [0.3, 0.4) is 0 Å². The van der Waals surface area contributed by atoms with Crippen LogP contribution in [0.5, 0.6) is 0 Å². The predicted octanol–water partition coefficient (Wildman–Crippen LogP) is 1.86. The van der Waals surface area contributed by atoms with E-state index in [4.69, 9.17) is 0 Å². The zero-order chi connectivity index (χ0) is 23.8. The van der Waals surface area contributed by atoms with E-state index in [2.05, 4.69) is 5.32 Å². The molecule has 0 bridgehead atoms. The number of hydrogen-bond acceptors (Lipinski definition) is 4. The second-order valence-corrected chi connectivity index (χ2v) is 9.12. The molecule has 1 saturated heterocycles. The number of hydrogen-bond donors (Lipinski definition) is 1. The zero-order valence-electron chi connectivity index (χ0n) is 19.2. The van der Waals surface area contributed by atoms with Crippen LogP contribution in [-0.4, -0.2) is 64.1 Å². The quantitative estimate of drug-likeness (QED) is 0.690. The van der Waals surface area contributed by atoms with Crippen molar-refractivity contribution in [1.29, 1.82) is 0 Å². The molecule has 2 aromatic rings. The van der Waals surface area contributed by atoms with E-state index in [1.807, 2.05) is 48.5 Å². The Balaban J connectivity index is 1.23. The number of carbonyl (C=O) groups excluding carboxylic acids is 4. The number of carbonyl (C=O) groups is 4. The zero-order valence-corrected chi connectivity index (χ0v) is 19.2. The Morgan fingerprint density at radius 2 is 1.53 bits per heavy atom. The van der Waals surface area contributed by atoms with Gasteiger partial charge in [0.05, 0.1) is 0 Å². The van der Waals surface area contributed by atoms with Gasteiger partial charge >= 0.3 is 6.03 Å². The Kier molecular flexibility index (Phi) is 5.81. The van der Waals surface area contributed by atoms with Gasteiger partial charge in [0.15, 0.2) is 0 Å². The van der Waals surface area contributed by atoms with Gasteiger partial charge in [-0.3, -0.25) is 19.3 Å². The maximum atomic E-state index is 13.1. The largest absolute Gasteiger partial charge is 0.357 e. The van der Waals surface area contributed by atoms with Gasteiger partial charge in [-0.1, -0.05) is 48.5 Å². The predicted molar refractivity (Wildman–Crippen MR) is 124 cm³/mol. The summed E-state index contributed by atoms with van der Waals surface area (Å²) in [5, 5.41) is 2.66. The number of amides is 5. The highest BCUT2D eigenvalue weighted by Crippen LogP contribution is 2.30. The first-order chi connectivity index (χ1) is 16.5. The van der Waals surface area contributed by atoms with E-state index in [1.165, 1.54) is 4.90 Å². The van der Waals surface area contributed by atoms with Crippen LogP contribution in [0.2, 0.25) is 0 Å². The lowest BCUT2D eigenvalue weighted by Crippen LogP contribution is -2.52. The monoisotopic (exact) mass is 460 g/mol. The van der Waals surface area contributed by atoms with Gasteiger partial charge in [0, 0.05) is 45.9 Å². The fourth-order valence-corrected chi connectivity index (χ4v) is 5.30. The van der Waals surface area contributed by atoms with Crippen LogP contribution in [0.25, 0.3) is 0 Å². The van der Waals surface area contributed by atoms with Crippen LogP contribution in [-0.2, 0) is 40.3 Å². The van der Waals surface area contributed by atoms with Gasteiger partial charge in [-0.05, 0) is 28.7 Å². The Morgan fingerprint density at radius 1 is 0.912 bits per heavy atom. The molecule has 0 aliphatic carbocycles. The van der Waals surface area contributed by atoms with Crippen LogP contribution in [0.1, 0.15) is 35.1 Å². The maximum Gasteiger partial charge on any atom is 0.327 e. The Morgan fingerprint density at radius 3 is 2.21 bits per heavy atom. The number of imide groups is 1. The van der Waals surface area contributed by atoms with Crippen LogP contribution >= 0.6 is 0 Å². The second kappa shape index (κ2) is 8.93. The summed E-state index contributed by atoms with van der Waals surface area (Å²) in [6.07, 6.45) is 1.53. The van der Waals surface area contributed by atoms with Crippen molar-refractivity contribution in [2.75, 3.05) is 13.6 Å². The molecule has 5 amide bonds. The van der Waals surface area contributed by atoms with E-state index >= 15 is 0 Å². The molecule has 8 heteroatoms. The first-order valence-electron chi connectivity index (χ1n) is 11.7. The van der Waals surface area contributed by atoms with Crippen molar-refractivity contribution in [3.05, 3.63) is 70.8 Å². The SMILES string of the molecule is CNC(=O)C1Cc2ccccc2CN1C(=O)CCCN1C(=O)C2Cc3ccccc3CN2C1=O. The van der Waals surface area contributed by atoms with Crippen molar-refractivity contribution >= 4 is 23.8 Å². The molecule has 1 fully saturated rings. The van der Waals surface area contributed by atoms with E-state index in [1.54, 1.807) is 16.8 Å². The summed E-state index contributed by atoms with van der Waals surface area (Å²) in [6.45, 7) is 1.01. The first-order valence-corrected chi connectivity index (χ1v) is 11.7. The number of nitrogens with one attached hydrogen (secondary N) is 1. The van der Waals surface area contributed by atoms with Gasteiger partial charge in [0.1, 0.15) is 12.1 Å². The Hall–Kier alpha value is -3.68. The molecular weight excluding hydrogens is 432 g/mol.